The van der Waals surface area contributed by atoms with Crippen LogP contribution in [0.3, 0.4) is 0 Å². The van der Waals surface area contributed by atoms with Gasteiger partial charge < -0.3 is 0 Å². The van der Waals surface area contributed by atoms with Crippen LogP contribution < -0.4 is 0 Å². The molecular weight excluding hydrogens is 226 g/mol. The maximum absolute atomic E-state index is 5.90. The summed E-state index contributed by atoms with van der Waals surface area (Å²) in [6, 6.07) is 5.73. The predicted molar refractivity (Wildman–Crippen MR) is 60.8 cm³/mol. The molecule has 0 aromatic heterocycles. The van der Waals surface area contributed by atoms with E-state index in [1.165, 1.54) is 0 Å². The Kier molecular flexibility index (Phi) is 4.65. The molecule has 0 saturated heterocycles. The summed E-state index contributed by atoms with van der Waals surface area (Å²) in [6.07, 6.45) is 3.82. The van der Waals surface area contributed by atoms with Crippen LogP contribution in [0.2, 0.25) is 5.02 Å². The van der Waals surface area contributed by atoms with Crippen molar-refractivity contribution in [1.82, 2.24) is 0 Å². The van der Waals surface area contributed by atoms with Crippen molar-refractivity contribution >= 4 is 40.9 Å². The number of allylic oxidation sites excluding steroid dienone is 1. The van der Waals surface area contributed by atoms with E-state index in [0.29, 0.717) is 16.8 Å². The van der Waals surface area contributed by atoms with E-state index in [-0.39, 0.29) is 0 Å². The zero-order valence-corrected chi connectivity index (χ0v) is 9.20. The first-order valence-electron chi connectivity index (χ1n) is 3.85. The lowest BCUT2D eigenvalue weighted by atomic mass is 10.1. The standard InChI is InChI=1S/C10H9Cl3/c11-5-1-2-8-3-4-10(13)9(6-8)7-12/h1-4,6H,5,7H2. The van der Waals surface area contributed by atoms with Crippen molar-refractivity contribution < 1.29 is 0 Å². The summed E-state index contributed by atoms with van der Waals surface area (Å²) in [5.74, 6) is 0.945. The predicted octanol–water partition coefficient (Wildman–Crippen LogP) is 4.33. The Morgan fingerprint density at radius 1 is 1.23 bits per heavy atom. The Balaban J connectivity index is 2.92. The highest BCUT2D eigenvalue weighted by Crippen LogP contribution is 2.20. The van der Waals surface area contributed by atoms with E-state index in [2.05, 4.69) is 0 Å². The van der Waals surface area contributed by atoms with Gasteiger partial charge in [0.05, 0.1) is 0 Å². The van der Waals surface area contributed by atoms with Gasteiger partial charge in [-0.1, -0.05) is 29.8 Å². The van der Waals surface area contributed by atoms with Gasteiger partial charge in [0.15, 0.2) is 0 Å². The Morgan fingerprint density at radius 3 is 2.62 bits per heavy atom. The molecule has 0 aliphatic heterocycles. The van der Waals surface area contributed by atoms with E-state index in [4.69, 9.17) is 34.8 Å². The van der Waals surface area contributed by atoms with Gasteiger partial charge in [-0.2, -0.15) is 0 Å². The monoisotopic (exact) mass is 234 g/mol. The van der Waals surface area contributed by atoms with Crippen molar-refractivity contribution in [2.45, 2.75) is 5.88 Å². The van der Waals surface area contributed by atoms with Gasteiger partial charge in [0.1, 0.15) is 0 Å². The molecule has 0 radical (unpaired) electrons. The average Bonchev–Trinajstić information content (AvgIpc) is 2.16. The fourth-order valence-electron chi connectivity index (χ4n) is 0.981. The number of rotatable bonds is 3. The van der Waals surface area contributed by atoms with Crippen molar-refractivity contribution in [2.24, 2.45) is 0 Å². The molecule has 0 fully saturated rings. The number of halogens is 3. The highest BCUT2D eigenvalue weighted by Gasteiger charge is 1.98. The van der Waals surface area contributed by atoms with Crippen LogP contribution in [-0.2, 0) is 5.88 Å². The normalized spacial score (nSPS) is 11.0. The second kappa shape index (κ2) is 5.54. The van der Waals surface area contributed by atoms with Crippen LogP contribution in [0.15, 0.2) is 24.3 Å². The summed E-state index contributed by atoms with van der Waals surface area (Å²) in [5, 5.41) is 0.707. The topological polar surface area (TPSA) is 0 Å². The van der Waals surface area contributed by atoms with E-state index < -0.39 is 0 Å². The quantitative estimate of drug-likeness (QED) is 0.684. The fourth-order valence-corrected chi connectivity index (χ4v) is 1.54. The van der Waals surface area contributed by atoms with Crippen LogP contribution in [0, 0.1) is 0 Å². The number of benzene rings is 1. The molecule has 0 saturated carbocycles. The second-order valence-electron chi connectivity index (χ2n) is 2.54. The molecule has 0 amide bonds. The molecule has 0 spiro atoms. The maximum Gasteiger partial charge on any atom is 0.0489 e. The van der Waals surface area contributed by atoms with Gasteiger partial charge in [0.25, 0.3) is 0 Å². The molecule has 1 rings (SSSR count). The first-order chi connectivity index (χ1) is 6.27. The van der Waals surface area contributed by atoms with Crippen LogP contribution in [0.5, 0.6) is 0 Å². The van der Waals surface area contributed by atoms with Crippen LogP contribution >= 0.6 is 34.8 Å². The van der Waals surface area contributed by atoms with E-state index in [9.17, 15) is 0 Å². The maximum atomic E-state index is 5.90. The third-order valence-corrected chi connectivity index (χ3v) is 2.45. The molecule has 0 unspecified atom stereocenters. The minimum absolute atomic E-state index is 0.432. The Hall–Kier alpha value is -0.170. The van der Waals surface area contributed by atoms with Gasteiger partial charge in [0.2, 0.25) is 0 Å². The van der Waals surface area contributed by atoms with Crippen molar-refractivity contribution in [3.63, 3.8) is 0 Å². The third kappa shape index (κ3) is 3.22. The smallest absolute Gasteiger partial charge is 0.0489 e. The molecule has 1 aromatic rings. The molecule has 0 atom stereocenters. The van der Waals surface area contributed by atoms with Gasteiger partial charge in [-0.15, -0.1) is 23.2 Å². The van der Waals surface area contributed by atoms with Gasteiger partial charge in [0, 0.05) is 16.8 Å². The highest BCUT2D eigenvalue weighted by atomic mass is 35.5. The van der Waals surface area contributed by atoms with Crippen molar-refractivity contribution in [1.29, 1.82) is 0 Å². The minimum atomic E-state index is 0.432. The summed E-state index contributed by atoms with van der Waals surface area (Å²) in [4.78, 5) is 0. The Labute approximate surface area is 93.1 Å². The van der Waals surface area contributed by atoms with E-state index >= 15 is 0 Å². The Morgan fingerprint density at radius 2 is 2.00 bits per heavy atom. The Bertz CT molecular complexity index is 305. The first kappa shape index (κ1) is 10.9. The molecule has 0 aliphatic rings. The van der Waals surface area contributed by atoms with Crippen molar-refractivity contribution in [2.75, 3.05) is 5.88 Å². The molecule has 13 heavy (non-hydrogen) atoms. The number of alkyl halides is 2. The second-order valence-corrected chi connectivity index (χ2v) is 3.52. The lowest BCUT2D eigenvalue weighted by molar-refractivity contribution is 1.39. The van der Waals surface area contributed by atoms with Gasteiger partial charge in [-0.3, -0.25) is 0 Å². The van der Waals surface area contributed by atoms with Crippen LogP contribution in [0.1, 0.15) is 11.1 Å². The zero-order valence-electron chi connectivity index (χ0n) is 6.93. The van der Waals surface area contributed by atoms with Crippen molar-refractivity contribution in [3.05, 3.63) is 40.4 Å². The number of hydrogen-bond acceptors (Lipinski definition) is 0. The summed E-state index contributed by atoms with van der Waals surface area (Å²) in [6.45, 7) is 0. The van der Waals surface area contributed by atoms with E-state index in [1.807, 2.05) is 30.4 Å². The summed E-state index contributed by atoms with van der Waals surface area (Å²) < 4.78 is 0. The summed E-state index contributed by atoms with van der Waals surface area (Å²) in [7, 11) is 0. The molecule has 0 N–H and O–H groups in total. The molecule has 0 heterocycles. The van der Waals surface area contributed by atoms with Crippen molar-refractivity contribution in [3.8, 4) is 0 Å². The first-order valence-corrected chi connectivity index (χ1v) is 5.29. The lowest BCUT2D eigenvalue weighted by Crippen LogP contribution is -1.81. The van der Waals surface area contributed by atoms with Gasteiger partial charge >= 0.3 is 0 Å². The molecule has 0 aliphatic carbocycles. The summed E-state index contributed by atoms with van der Waals surface area (Å²) >= 11 is 17.1. The summed E-state index contributed by atoms with van der Waals surface area (Å²) in [5.41, 5.74) is 2.01. The fraction of sp³-hybridized carbons (Fsp3) is 0.200. The van der Waals surface area contributed by atoms with Gasteiger partial charge in [-0.05, 0) is 23.3 Å². The highest BCUT2D eigenvalue weighted by molar-refractivity contribution is 6.32. The minimum Gasteiger partial charge on any atom is -0.122 e. The average molecular weight is 236 g/mol. The molecule has 1 aromatic carbocycles. The third-order valence-electron chi connectivity index (χ3n) is 1.61. The SMILES string of the molecule is ClCC=Cc1ccc(Cl)c(CCl)c1. The van der Waals surface area contributed by atoms with Crippen LogP contribution in [0.25, 0.3) is 6.08 Å². The van der Waals surface area contributed by atoms with Gasteiger partial charge in [-0.25, -0.2) is 0 Å². The largest absolute Gasteiger partial charge is 0.122 e. The molecular formula is C10H9Cl3. The van der Waals surface area contributed by atoms with E-state index in [1.54, 1.807) is 0 Å². The van der Waals surface area contributed by atoms with Crippen LogP contribution in [-0.4, -0.2) is 5.88 Å². The molecule has 3 heteroatoms. The molecule has 0 bridgehead atoms. The zero-order chi connectivity index (χ0) is 9.68. The number of hydrogen-bond donors (Lipinski definition) is 0. The molecule has 0 nitrogen and oxygen atoms in total. The van der Waals surface area contributed by atoms with E-state index in [0.717, 1.165) is 11.1 Å². The molecule has 70 valence electrons. The van der Waals surface area contributed by atoms with Crippen LogP contribution in [0.4, 0.5) is 0 Å². The lowest BCUT2D eigenvalue weighted by Gasteiger charge is -2.00.